The van der Waals surface area contributed by atoms with E-state index < -0.39 is 5.60 Å². The third-order valence-corrected chi connectivity index (χ3v) is 4.58. The molecule has 1 saturated heterocycles. The first-order chi connectivity index (χ1) is 8.97. The maximum absolute atomic E-state index is 11.6. The molecule has 0 spiro atoms. The average Bonchev–Trinajstić information content (AvgIpc) is 2.40. The largest absolute Gasteiger partial charge is 0.454 e. The molecule has 0 bridgehead atoms. The molecule has 0 aliphatic carbocycles. The maximum Gasteiger partial charge on any atom is 0.303 e. The van der Waals surface area contributed by atoms with Crippen LogP contribution in [-0.2, 0) is 15.1 Å². The molecule has 1 aliphatic rings. The number of hydrogen-bond acceptors (Lipinski definition) is 3. The number of likely N-dealkylation sites (tertiary alicyclic amines) is 1. The van der Waals surface area contributed by atoms with Gasteiger partial charge in [0.15, 0.2) is 0 Å². The van der Waals surface area contributed by atoms with Gasteiger partial charge in [0.05, 0.1) is 0 Å². The fourth-order valence-electron chi connectivity index (χ4n) is 3.13. The molecule has 0 amide bonds. The van der Waals surface area contributed by atoms with E-state index >= 15 is 0 Å². The van der Waals surface area contributed by atoms with E-state index in [2.05, 4.69) is 37.9 Å². The molecule has 0 saturated carbocycles. The third kappa shape index (κ3) is 2.52. The highest BCUT2D eigenvalue weighted by atomic mass is 16.6. The lowest BCUT2D eigenvalue weighted by Gasteiger charge is -2.49. The molecule has 0 unspecified atom stereocenters. The average molecular weight is 261 g/mol. The molecule has 104 valence electrons. The lowest BCUT2D eigenvalue weighted by molar-refractivity contribution is -0.176. The van der Waals surface area contributed by atoms with Gasteiger partial charge >= 0.3 is 5.97 Å². The summed E-state index contributed by atoms with van der Waals surface area (Å²) in [6.07, 6.45) is 0.846. The summed E-state index contributed by atoms with van der Waals surface area (Å²) < 4.78 is 5.83. The molecular weight excluding hydrogens is 238 g/mol. The number of esters is 1. The molecule has 1 fully saturated rings. The molecule has 19 heavy (non-hydrogen) atoms. The first kappa shape index (κ1) is 14.1. The predicted molar refractivity (Wildman–Crippen MR) is 75.8 cm³/mol. The first-order valence-corrected chi connectivity index (χ1v) is 6.92. The van der Waals surface area contributed by atoms with Gasteiger partial charge in [0.1, 0.15) is 5.60 Å². The van der Waals surface area contributed by atoms with Crippen molar-refractivity contribution in [1.29, 1.82) is 0 Å². The summed E-state index contributed by atoms with van der Waals surface area (Å²) in [6.45, 7) is 6.81. The maximum atomic E-state index is 11.6. The van der Waals surface area contributed by atoms with E-state index in [0.717, 1.165) is 18.5 Å². The number of benzene rings is 1. The Hall–Kier alpha value is -1.35. The minimum Gasteiger partial charge on any atom is -0.454 e. The molecule has 0 N–H and O–H groups in total. The predicted octanol–water partition coefficient (Wildman–Crippen LogP) is 2.81. The Kier molecular flexibility index (Phi) is 3.95. The quantitative estimate of drug-likeness (QED) is 0.767. The number of carbonyl (C=O) groups is 1. The molecule has 3 nitrogen and oxygen atoms in total. The van der Waals surface area contributed by atoms with Gasteiger partial charge in [-0.05, 0) is 19.5 Å². The monoisotopic (exact) mass is 261 g/mol. The number of rotatable bonds is 2. The van der Waals surface area contributed by atoms with E-state index in [9.17, 15) is 4.79 Å². The lowest BCUT2D eigenvalue weighted by atomic mass is 9.73. The highest BCUT2D eigenvalue weighted by Gasteiger charge is 2.47. The van der Waals surface area contributed by atoms with Crippen LogP contribution < -0.4 is 0 Å². The number of ether oxygens (including phenoxy) is 1. The Morgan fingerprint density at radius 2 is 1.95 bits per heavy atom. The zero-order chi connectivity index (χ0) is 14.0. The van der Waals surface area contributed by atoms with Gasteiger partial charge in [-0.2, -0.15) is 0 Å². The smallest absolute Gasteiger partial charge is 0.303 e. The summed E-state index contributed by atoms with van der Waals surface area (Å²) in [5.74, 6) is 0.0602. The Bertz CT molecular complexity index is 445. The lowest BCUT2D eigenvalue weighted by Crippen LogP contribution is -2.54. The number of carbonyl (C=O) groups excluding carboxylic acids is 1. The first-order valence-electron chi connectivity index (χ1n) is 6.92. The van der Waals surface area contributed by atoms with Crippen LogP contribution >= 0.6 is 0 Å². The van der Waals surface area contributed by atoms with E-state index in [1.165, 1.54) is 6.92 Å². The highest BCUT2D eigenvalue weighted by Crippen LogP contribution is 2.43. The van der Waals surface area contributed by atoms with Crippen molar-refractivity contribution in [3.8, 4) is 0 Å². The summed E-state index contributed by atoms with van der Waals surface area (Å²) in [5.41, 5.74) is 0.622. The summed E-state index contributed by atoms with van der Waals surface area (Å²) in [6, 6.07) is 10.5. The van der Waals surface area contributed by atoms with Crippen molar-refractivity contribution < 1.29 is 9.53 Å². The van der Waals surface area contributed by atoms with E-state index in [4.69, 9.17) is 4.74 Å². The van der Waals surface area contributed by atoms with Gasteiger partial charge in [-0.15, -0.1) is 0 Å². The van der Waals surface area contributed by atoms with Crippen molar-refractivity contribution in [2.45, 2.75) is 38.8 Å². The SMILES string of the molecule is CC(=O)O[C@]1(c2ccccc2)CCN(C)[C@@H](C)[C@@H]1C. The highest BCUT2D eigenvalue weighted by molar-refractivity contribution is 5.67. The van der Waals surface area contributed by atoms with Crippen LogP contribution in [0.2, 0.25) is 0 Å². The zero-order valence-corrected chi connectivity index (χ0v) is 12.2. The van der Waals surface area contributed by atoms with Gasteiger partial charge in [0.25, 0.3) is 0 Å². The van der Waals surface area contributed by atoms with Crippen LogP contribution in [0.15, 0.2) is 30.3 Å². The molecule has 1 aromatic rings. The van der Waals surface area contributed by atoms with Crippen LogP contribution in [0, 0.1) is 5.92 Å². The Labute approximate surface area is 115 Å². The normalized spacial score (nSPS) is 32.0. The summed E-state index contributed by atoms with van der Waals surface area (Å²) >= 11 is 0. The van der Waals surface area contributed by atoms with Gasteiger partial charge in [0.2, 0.25) is 0 Å². The second kappa shape index (κ2) is 5.33. The van der Waals surface area contributed by atoms with E-state index in [0.29, 0.717) is 6.04 Å². The minimum atomic E-state index is -0.487. The van der Waals surface area contributed by atoms with Crippen LogP contribution in [0.4, 0.5) is 0 Å². The Morgan fingerprint density at radius 1 is 1.32 bits per heavy atom. The van der Waals surface area contributed by atoms with Crippen LogP contribution in [-0.4, -0.2) is 30.5 Å². The molecule has 1 heterocycles. The van der Waals surface area contributed by atoms with E-state index in [-0.39, 0.29) is 11.9 Å². The van der Waals surface area contributed by atoms with Crippen molar-refractivity contribution in [1.82, 2.24) is 4.90 Å². The molecule has 1 aliphatic heterocycles. The zero-order valence-electron chi connectivity index (χ0n) is 12.2. The van der Waals surface area contributed by atoms with Gasteiger partial charge in [-0.3, -0.25) is 4.79 Å². The fourth-order valence-corrected chi connectivity index (χ4v) is 3.13. The molecule has 0 aromatic heterocycles. The van der Waals surface area contributed by atoms with Crippen molar-refractivity contribution in [3.05, 3.63) is 35.9 Å². The molecule has 2 rings (SSSR count). The Balaban J connectivity index is 2.43. The summed E-state index contributed by atoms with van der Waals surface area (Å²) in [5, 5.41) is 0. The van der Waals surface area contributed by atoms with E-state index in [1.54, 1.807) is 0 Å². The van der Waals surface area contributed by atoms with Crippen molar-refractivity contribution in [2.24, 2.45) is 5.92 Å². The third-order valence-electron chi connectivity index (χ3n) is 4.58. The molecular formula is C16H23NO2. The standard InChI is InChI=1S/C16H23NO2/c1-12-13(2)17(4)11-10-16(12,19-14(3)18)15-8-6-5-7-9-15/h5-9,12-13H,10-11H2,1-4H3/t12-,13-,16+/m0/s1. The summed E-state index contributed by atoms with van der Waals surface area (Å²) in [7, 11) is 2.13. The second-order valence-electron chi connectivity index (χ2n) is 5.61. The van der Waals surface area contributed by atoms with Gasteiger partial charge in [-0.25, -0.2) is 0 Å². The van der Waals surface area contributed by atoms with E-state index in [1.807, 2.05) is 18.2 Å². The van der Waals surface area contributed by atoms with Crippen LogP contribution in [0.25, 0.3) is 0 Å². The topological polar surface area (TPSA) is 29.5 Å². The second-order valence-corrected chi connectivity index (χ2v) is 5.61. The van der Waals surface area contributed by atoms with Gasteiger partial charge in [0, 0.05) is 31.8 Å². The van der Waals surface area contributed by atoms with Crippen LogP contribution in [0.3, 0.4) is 0 Å². The van der Waals surface area contributed by atoms with Crippen molar-refractivity contribution in [2.75, 3.05) is 13.6 Å². The van der Waals surface area contributed by atoms with Crippen molar-refractivity contribution >= 4 is 5.97 Å². The molecule has 0 radical (unpaired) electrons. The molecule has 1 aromatic carbocycles. The van der Waals surface area contributed by atoms with Gasteiger partial charge in [-0.1, -0.05) is 37.3 Å². The number of nitrogens with zero attached hydrogens (tertiary/aromatic N) is 1. The molecule has 3 heteroatoms. The van der Waals surface area contributed by atoms with Gasteiger partial charge < -0.3 is 9.64 Å². The van der Waals surface area contributed by atoms with Crippen LogP contribution in [0.1, 0.15) is 32.8 Å². The van der Waals surface area contributed by atoms with Crippen LogP contribution in [0.5, 0.6) is 0 Å². The minimum absolute atomic E-state index is 0.201. The summed E-state index contributed by atoms with van der Waals surface area (Å²) in [4.78, 5) is 13.9. The number of hydrogen-bond donors (Lipinski definition) is 0. The Morgan fingerprint density at radius 3 is 2.53 bits per heavy atom. The van der Waals surface area contributed by atoms with Crippen molar-refractivity contribution in [3.63, 3.8) is 0 Å². The number of piperidine rings is 1. The fraction of sp³-hybridized carbons (Fsp3) is 0.562. The molecule has 3 atom stereocenters.